The van der Waals surface area contributed by atoms with Gasteiger partial charge >= 0.3 is 0 Å². The van der Waals surface area contributed by atoms with Crippen molar-refractivity contribution in [3.8, 4) is 0 Å². The first kappa shape index (κ1) is 11.5. The Bertz CT molecular complexity index is 524. The molecule has 0 aliphatic carbocycles. The minimum Gasteiger partial charge on any atom is -0.275 e. The zero-order valence-corrected chi connectivity index (χ0v) is 11.3. The molecule has 0 radical (unpaired) electrons. The summed E-state index contributed by atoms with van der Waals surface area (Å²) >= 11 is 3.36. The van der Waals surface area contributed by atoms with Gasteiger partial charge in [-0.1, -0.05) is 22.0 Å². The van der Waals surface area contributed by atoms with E-state index in [9.17, 15) is 4.21 Å². The summed E-state index contributed by atoms with van der Waals surface area (Å²) in [6.45, 7) is 0. The predicted molar refractivity (Wildman–Crippen MR) is 70.4 cm³/mol. The van der Waals surface area contributed by atoms with E-state index in [2.05, 4.69) is 20.9 Å². The largest absolute Gasteiger partial charge is 0.275 e. The van der Waals surface area contributed by atoms with Crippen LogP contribution in [0.4, 0.5) is 0 Å². The van der Waals surface area contributed by atoms with Gasteiger partial charge in [-0.2, -0.15) is 0 Å². The first-order valence-electron chi connectivity index (χ1n) is 4.86. The van der Waals surface area contributed by atoms with Gasteiger partial charge in [0.15, 0.2) is 0 Å². The molecule has 1 aromatic heterocycles. The number of aromatic nitrogens is 1. The molecule has 0 fully saturated rings. The van der Waals surface area contributed by atoms with E-state index >= 15 is 0 Å². The molecule has 0 aliphatic heterocycles. The third-order valence-corrected chi connectivity index (χ3v) is 5.36. The Morgan fingerprint density at radius 3 is 2.38 bits per heavy atom. The van der Waals surface area contributed by atoms with E-state index < -0.39 is 9.93 Å². The molecular weight excluding hydrogens is 286 g/mol. The number of hydrogen-bond acceptors (Lipinski definition) is 2. The van der Waals surface area contributed by atoms with E-state index in [1.807, 2.05) is 42.5 Å². The van der Waals surface area contributed by atoms with Crippen LogP contribution in [0.5, 0.6) is 0 Å². The molecule has 0 amide bonds. The summed E-state index contributed by atoms with van der Waals surface area (Å²) in [5.74, 6) is 0. The molecule has 1 aromatic carbocycles. The van der Waals surface area contributed by atoms with Crippen molar-refractivity contribution < 1.29 is 4.21 Å². The number of hydrogen-bond donors (Lipinski definition) is 1. The highest BCUT2D eigenvalue weighted by Crippen LogP contribution is 2.25. The van der Waals surface area contributed by atoms with Crippen LogP contribution in [0.25, 0.3) is 0 Å². The Kier molecular flexibility index (Phi) is 3.21. The molecule has 0 unspecified atom stereocenters. The zero-order valence-electron chi connectivity index (χ0n) is 8.80. The molecule has 0 atom stereocenters. The molecule has 4 heteroatoms. The van der Waals surface area contributed by atoms with Gasteiger partial charge in [-0.15, -0.1) is 0 Å². The number of pyridine rings is 1. The second-order valence-corrected chi connectivity index (χ2v) is 7.33. The van der Waals surface area contributed by atoms with Crippen molar-refractivity contribution in [2.75, 3.05) is 6.26 Å². The second kappa shape index (κ2) is 4.47. The van der Waals surface area contributed by atoms with Gasteiger partial charge in [0, 0.05) is 15.6 Å². The molecule has 0 N–H and O–H groups in total. The Hall–Kier alpha value is -1.00. The van der Waals surface area contributed by atoms with Crippen LogP contribution in [-0.2, 0) is 9.93 Å². The van der Waals surface area contributed by atoms with Crippen LogP contribution < -0.4 is 0 Å². The Morgan fingerprint density at radius 1 is 1.12 bits per heavy atom. The van der Waals surface area contributed by atoms with Crippen molar-refractivity contribution in [2.45, 2.75) is 9.92 Å². The van der Waals surface area contributed by atoms with Gasteiger partial charge in [0.2, 0.25) is 0 Å². The van der Waals surface area contributed by atoms with Crippen molar-refractivity contribution in [1.82, 2.24) is 4.98 Å². The average molecular weight is 298 g/mol. The zero-order chi connectivity index (χ0) is 11.6. The van der Waals surface area contributed by atoms with Crippen LogP contribution in [0.15, 0.2) is 63.1 Å². The summed E-state index contributed by atoms with van der Waals surface area (Å²) in [6.07, 6.45) is 3.42. The van der Waals surface area contributed by atoms with Crippen LogP contribution >= 0.6 is 15.9 Å². The van der Waals surface area contributed by atoms with Crippen LogP contribution in [0.1, 0.15) is 0 Å². The third kappa shape index (κ3) is 2.23. The van der Waals surface area contributed by atoms with E-state index in [0.29, 0.717) is 5.03 Å². The summed E-state index contributed by atoms with van der Waals surface area (Å²) in [5, 5.41) is 0.650. The monoisotopic (exact) mass is 297 g/mol. The SMILES string of the molecule is C[SH](=O)(c1ccc(Br)cc1)c1ccccn1. The number of nitrogens with zero attached hydrogens (tertiary/aromatic N) is 1. The van der Waals surface area contributed by atoms with Crippen LogP contribution in [0.2, 0.25) is 0 Å². The van der Waals surface area contributed by atoms with Gasteiger partial charge in [-0.3, -0.25) is 4.21 Å². The molecule has 2 aromatic rings. The van der Waals surface area contributed by atoms with Gasteiger partial charge < -0.3 is 0 Å². The van der Waals surface area contributed by atoms with Crippen LogP contribution in [0, 0.1) is 0 Å². The molecule has 0 saturated heterocycles. The Balaban J connectivity index is 2.47. The maximum Gasteiger partial charge on any atom is 0.107 e. The average Bonchev–Trinajstić information content (AvgIpc) is 2.31. The second-order valence-electron chi connectivity index (χ2n) is 3.59. The van der Waals surface area contributed by atoms with Crippen LogP contribution in [-0.4, -0.2) is 15.4 Å². The lowest BCUT2D eigenvalue weighted by Gasteiger charge is -2.18. The van der Waals surface area contributed by atoms with E-state index in [0.717, 1.165) is 9.37 Å². The fourth-order valence-corrected chi connectivity index (χ4v) is 3.37. The number of halogens is 1. The summed E-state index contributed by atoms with van der Waals surface area (Å²) < 4.78 is 13.6. The molecule has 2 nitrogen and oxygen atoms in total. The van der Waals surface area contributed by atoms with Gasteiger partial charge in [-0.25, -0.2) is 4.98 Å². The molecular formula is C12H12BrNOS. The smallest absolute Gasteiger partial charge is 0.107 e. The first-order chi connectivity index (χ1) is 7.60. The minimum atomic E-state index is -2.55. The quantitative estimate of drug-likeness (QED) is 0.864. The van der Waals surface area contributed by atoms with Gasteiger partial charge in [-0.05, 0) is 52.6 Å². The number of benzene rings is 1. The van der Waals surface area contributed by atoms with E-state index in [1.165, 1.54) is 0 Å². The highest BCUT2D eigenvalue weighted by molar-refractivity contribution is 9.10. The Labute approximate surface area is 104 Å². The number of rotatable bonds is 2. The van der Waals surface area contributed by atoms with Crippen molar-refractivity contribution in [1.29, 1.82) is 0 Å². The van der Waals surface area contributed by atoms with Crippen LogP contribution in [0.3, 0.4) is 0 Å². The van der Waals surface area contributed by atoms with Gasteiger partial charge in [0.25, 0.3) is 0 Å². The maximum absolute atomic E-state index is 12.7. The fraction of sp³-hybridized carbons (Fsp3) is 0.0833. The minimum absolute atomic E-state index is 0.650. The maximum atomic E-state index is 12.7. The molecule has 0 bridgehead atoms. The van der Waals surface area contributed by atoms with Gasteiger partial charge in [0.1, 0.15) is 5.03 Å². The molecule has 1 heterocycles. The standard InChI is InChI=1S/C12H12BrNOS/c1-16(15,12-4-2-3-9-14-12)11-7-5-10(13)6-8-11/h2-9,16H,1H3. The molecule has 84 valence electrons. The lowest BCUT2D eigenvalue weighted by molar-refractivity contribution is 0.671. The first-order valence-corrected chi connectivity index (χ1v) is 7.80. The third-order valence-electron chi connectivity index (χ3n) is 2.41. The normalized spacial score (nSPS) is 12.4. The van der Waals surface area contributed by atoms with E-state index in [1.54, 1.807) is 12.5 Å². The summed E-state index contributed by atoms with van der Waals surface area (Å²) in [5.41, 5.74) is 0. The highest BCUT2D eigenvalue weighted by Gasteiger charge is 2.15. The van der Waals surface area contributed by atoms with Gasteiger partial charge in [0.05, 0.1) is 0 Å². The summed E-state index contributed by atoms with van der Waals surface area (Å²) in [6, 6.07) is 13.0. The van der Waals surface area contributed by atoms with E-state index in [-0.39, 0.29) is 0 Å². The molecule has 2 rings (SSSR count). The summed E-state index contributed by atoms with van der Waals surface area (Å²) in [4.78, 5) is 5.00. The van der Waals surface area contributed by atoms with Crippen molar-refractivity contribution in [3.63, 3.8) is 0 Å². The van der Waals surface area contributed by atoms with Crippen molar-refractivity contribution in [3.05, 3.63) is 53.1 Å². The number of thiol groups is 1. The molecule has 0 aliphatic rings. The topological polar surface area (TPSA) is 30.0 Å². The molecule has 0 spiro atoms. The van der Waals surface area contributed by atoms with Crippen molar-refractivity contribution in [2.24, 2.45) is 0 Å². The lowest BCUT2D eigenvalue weighted by Crippen LogP contribution is -2.11. The van der Waals surface area contributed by atoms with Crippen molar-refractivity contribution >= 4 is 25.9 Å². The lowest BCUT2D eigenvalue weighted by atomic mass is 10.4. The predicted octanol–water partition coefficient (Wildman–Crippen LogP) is 2.91. The Morgan fingerprint density at radius 2 is 1.81 bits per heavy atom. The fourth-order valence-electron chi connectivity index (χ4n) is 1.46. The summed E-state index contributed by atoms with van der Waals surface area (Å²) in [7, 11) is -2.55. The molecule has 16 heavy (non-hydrogen) atoms. The highest BCUT2D eigenvalue weighted by atomic mass is 79.9. The van der Waals surface area contributed by atoms with E-state index in [4.69, 9.17) is 0 Å². The molecule has 0 saturated carbocycles.